The van der Waals surface area contributed by atoms with Crippen LogP contribution in [-0.4, -0.2) is 18.7 Å². The standard InChI is InChI=1S/C6H6.C4H8N2O/c1-2-4-6-5-3-1;1-3-2-7-4(5)6-3/h1-6H;3H,2H2,1H3,(H2,5,6). The third kappa shape index (κ3) is 4.15. The lowest BCUT2D eigenvalue weighted by atomic mass is 10.4. The molecule has 3 heteroatoms. The van der Waals surface area contributed by atoms with Crippen LogP contribution in [0.2, 0.25) is 0 Å². The molecule has 2 N–H and O–H groups in total. The summed E-state index contributed by atoms with van der Waals surface area (Å²) in [7, 11) is 0. The van der Waals surface area contributed by atoms with E-state index in [0.29, 0.717) is 12.6 Å². The van der Waals surface area contributed by atoms with Gasteiger partial charge in [-0.25, -0.2) is 4.99 Å². The highest BCUT2D eigenvalue weighted by Crippen LogP contribution is 1.97. The molecule has 1 aromatic carbocycles. The van der Waals surface area contributed by atoms with Crippen LogP contribution in [0.15, 0.2) is 41.4 Å². The van der Waals surface area contributed by atoms with Gasteiger partial charge >= 0.3 is 0 Å². The summed E-state index contributed by atoms with van der Waals surface area (Å²) in [6.45, 7) is 2.60. The Labute approximate surface area is 78.2 Å². The Bertz CT molecular complexity index is 232. The molecule has 0 aliphatic carbocycles. The molecule has 0 radical (unpaired) electrons. The molecule has 1 unspecified atom stereocenters. The first kappa shape index (κ1) is 9.58. The lowest BCUT2D eigenvalue weighted by Gasteiger charge is -1.89. The molecule has 2 rings (SSSR count). The van der Waals surface area contributed by atoms with Crippen LogP contribution in [0.1, 0.15) is 6.92 Å². The first-order valence-corrected chi connectivity index (χ1v) is 4.25. The van der Waals surface area contributed by atoms with Gasteiger partial charge < -0.3 is 10.5 Å². The van der Waals surface area contributed by atoms with Crippen molar-refractivity contribution < 1.29 is 4.74 Å². The Morgan fingerprint density at radius 1 is 1.23 bits per heavy atom. The summed E-state index contributed by atoms with van der Waals surface area (Å²) in [5.41, 5.74) is 5.15. The van der Waals surface area contributed by atoms with Gasteiger partial charge in [0.05, 0.1) is 6.04 Å². The Kier molecular flexibility index (Phi) is 3.82. The van der Waals surface area contributed by atoms with Crippen molar-refractivity contribution >= 4 is 6.02 Å². The average molecular weight is 178 g/mol. The summed E-state index contributed by atoms with van der Waals surface area (Å²) < 4.78 is 4.79. The Morgan fingerprint density at radius 3 is 1.85 bits per heavy atom. The molecule has 1 aliphatic heterocycles. The number of aliphatic imine (C=N–C) groups is 1. The lowest BCUT2D eigenvalue weighted by molar-refractivity contribution is 0.319. The zero-order valence-electron chi connectivity index (χ0n) is 7.68. The molecule has 70 valence electrons. The first-order chi connectivity index (χ1) is 6.29. The predicted octanol–water partition coefficient (Wildman–Crippen LogP) is 1.41. The van der Waals surface area contributed by atoms with Crippen LogP contribution in [0, 0.1) is 0 Å². The lowest BCUT2D eigenvalue weighted by Crippen LogP contribution is -2.10. The summed E-state index contributed by atoms with van der Waals surface area (Å²) in [5, 5.41) is 0. The highest BCUT2D eigenvalue weighted by Gasteiger charge is 2.08. The van der Waals surface area contributed by atoms with Crippen molar-refractivity contribution in [2.24, 2.45) is 10.7 Å². The molecule has 0 amide bonds. The highest BCUT2D eigenvalue weighted by molar-refractivity contribution is 5.72. The van der Waals surface area contributed by atoms with E-state index in [4.69, 9.17) is 10.5 Å². The van der Waals surface area contributed by atoms with Crippen molar-refractivity contribution in [3.63, 3.8) is 0 Å². The molecule has 0 saturated carbocycles. The Balaban J connectivity index is 0.000000132. The third-order valence-corrected chi connectivity index (χ3v) is 1.49. The number of ether oxygens (including phenoxy) is 1. The summed E-state index contributed by atoms with van der Waals surface area (Å²) in [4.78, 5) is 3.86. The maximum absolute atomic E-state index is 5.15. The molecule has 0 aromatic heterocycles. The molecule has 0 fully saturated rings. The number of nitrogens with zero attached hydrogens (tertiary/aromatic N) is 1. The molecule has 0 spiro atoms. The van der Waals surface area contributed by atoms with E-state index in [0.717, 1.165) is 0 Å². The van der Waals surface area contributed by atoms with Gasteiger partial charge in [0, 0.05) is 0 Å². The van der Waals surface area contributed by atoms with E-state index in [1.54, 1.807) is 0 Å². The van der Waals surface area contributed by atoms with Gasteiger partial charge in [-0.05, 0) is 6.92 Å². The minimum Gasteiger partial charge on any atom is -0.463 e. The second-order valence-electron chi connectivity index (χ2n) is 2.78. The van der Waals surface area contributed by atoms with E-state index < -0.39 is 0 Å². The average Bonchev–Trinajstić information content (AvgIpc) is 2.54. The van der Waals surface area contributed by atoms with Gasteiger partial charge in [-0.1, -0.05) is 36.4 Å². The van der Waals surface area contributed by atoms with E-state index in [9.17, 15) is 0 Å². The fraction of sp³-hybridized carbons (Fsp3) is 0.300. The van der Waals surface area contributed by atoms with E-state index in [-0.39, 0.29) is 6.04 Å². The molecule has 1 aromatic rings. The fourth-order valence-corrected chi connectivity index (χ4v) is 0.883. The predicted molar refractivity (Wildman–Crippen MR) is 53.5 cm³/mol. The van der Waals surface area contributed by atoms with Crippen LogP contribution in [-0.2, 0) is 4.74 Å². The van der Waals surface area contributed by atoms with E-state index in [2.05, 4.69) is 4.99 Å². The van der Waals surface area contributed by atoms with Crippen LogP contribution in [0.25, 0.3) is 0 Å². The molecular weight excluding hydrogens is 164 g/mol. The van der Waals surface area contributed by atoms with Crippen LogP contribution < -0.4 is 5.73 Å². The van der Waals surface area contributed by atoms with Gasteiger partial charge in [0.1, 0.15) is 6.61 Å². The van der Waals surface area contributed by atoms with Gasteiger partial charge in [-0.15, -0.1) is 0 Å². The molecular formula is C10H14N2O. The van der Waals surface area contributed by atoms with E-state index >= 15 is 0 Å². The highest BCUT2D eigenvalue weighted by atomic mass is 16.5. The second kappa shape index (κ2) is 5.19. The maximum Gasteiger partial charge on any atom is 0.282 e. The van der Waals surface area contributed by atoms with Crippen molar-refractivity contribution in [3.05, 3.63) is 36.4 Å². The number of amidine groups is 1. The molecule has 1 heterocycles. The number of hydrogen-bond donors (Lipinski definition) is 1. The molecule has 1 aliphatic rings. The van der Waals surface area contributed by atoms with Crippen molar-refractivity contribution in [2.75, 3.05) is 6.61 Å². The first-order valence-electron chi connectivity index (χ1n) is 4.25. The number of benzene rings is 1. The zero-order valence-corrected chi connectivity index (χ0v) is 7.68. The van der Waals surface area contributed by atoms with Gasteiger partial charge in [-0.3, -0.25) is 0 Å². The van der Waals surface area contributed by atoms with Crippen molar-refractivity contribution in [3.8, 4) is 0 Å². The zero-order chi connectivity index (χ0) is 9.52. The van der Waals surface area contributed by atoms with Crippen molar-refractivity contribution in [1.82, 2.24) is 0 Å². The molecule has 0 saturated heterocycles. The van der Waals surface area contributed by atoms with Crippen LogP contribution in [0.4, 0.5) is 0 Å². The smallest absolute Gasteiger partial charge is 0.282 e. The van der Waals surface area contributed by atoms with Gasteiger partial charge in [0.25, 0.3) is 6.02 Å². The van der Waals surface area contributed by atoms with Crippen LogP contribution >= 0.6 is 0 Å². The van der Waals surface area contributed by atoms with Crippen LogP contribution in [0.3, 0.4) is 0 Å². The van der Waals surface area contributed by atoms with E-state index in [1.165, 1.54) is 0 Å². The fourth-order valence-electron chi connectivity index (χ4n) is 0.883. The minimum atomic E-state index is 0.264. The van der Waals surface area contributed by atoms with Crippen molar-refractivity contribution in [2.45, 2.75) is 13.0 Å². The summed E-state index contributed by atoms with van der Waals surface area (Å²) >= 11 is 0. The molecule has 0 bridgehead atoms. The maximum atomic E-state index is 5.15. The second-order valence-corrected chi connectivity index (χ2v) is 2.78. The van der Waals surface area contributed by atoms with Crippen molar-refractivity contribution in [1.29, 1.82) is 0 Å². The number of rotatable bonds is 0. The van der Waals surface area contributed by atoms with E-state index in [1.807, 2.05) is 43.3 Å². The molecule has 1 atom stereocenters. The van der Waals surface area contributed by atoms with Crippen LogP contribution in [0.5, 0.6) is 0 Å². The number of hydrogen-bond acceptors (Lipinski definition) is 3. The van der Waals surface area contributed by atoms with Gasteiger partial charge in [0.2, 0.25) is 0 Å². The monoisotopic (exact) mass is 178 g/mol. The topological polar surface area (TPSA) is 47.6 Å². The summed E-state index contributed by atoms with van der Waals surface area (Å²) in [6, 6.07) is 12.6. The Morgan fingerprint density at radius 2 is 1.69 bits per heavy atom. The molecule has 3 nitrogen and oxygen atoms in total. The number of nitrogens with two attached hydrogens (primary N) is 1. The Hall–Kier alpha value is -1.51. The third-order valence-electron chi connectivity index (χ3n) is 1.49. The largest absolute Gasteiger partial charge is 0.463 e. The normalized spacial score (nSPS) is 19.5. The van der Waals surface area contributed by atoms with Gasteiger partial charge in [-0.2, -0.15) is 0 Å². The quantitative estimate of drug-likeness (QED) is 0.653. The summed E-state index contributed by atoms with van der Waals surface area (Å²) in [6.07, 6.45) is 0. The SMILES string of the molecule is CC1COC(N)=N1.c1ccccc1. The molecule has 13 heavy (non-hydrogen) atoms. The summed E-state index contributed by atoms with van der Waals surface area (Å²) in [5.74, 6) is 0. The minimum absolute atomic E-state index is 0.264. The van der Waals surface area contributed by atoms with Gasteiger partial charge in [0.15, 0.2) is 0 Å².